The second-order valence-electron chi connectivity index (χ2n) is 3.87. The molecule has 1 aromatic rings. The molecular weight excluding hydrogens is 220 g/mol. The summed E-state index contributed by atoms with van der Waals surface area (Å²) in [7, 11) is 1.73. The van der Waals surface area contributed by atoms with Crippen molar-refractivity contribution in [1.29, 1.82) is 0 Å². The van der Waals surface area contributed by atoms with Crippen molar-refractivity contribution in [3.05, 3.63) is 17.5 Å². The summed E-state index contributed by atoms with van der Waals surface area (Å²) in [4.78, 5) is 22.3. The van der Waals surface area contributed by atoms with Crippen molar-refractivity contribution in [2.45, 2.75) is 6.92 Å². The minimum atomic E-state index is -0.0599. The first-order valence-corrected chi connectivity index (χ1v) is 5.61. The first-order chi connectivity index (χ1) is 8.20. The lowest BCUT2D eigenvalue weighted by molar-refractivity contribution is 0.0299. The van der Waals surface area contributed by atoms with Gasteiger partial charge in [0, 0.05) is 25.8 Å². The largest absolute Gasteiger partial charge is 0.378 e. The Morgan fingerprint density at radius 2 is 2.12 bits per heavy atom. The van der Waals surface area contributed by atoms with Crippen molar-refractivity contribution in [3.8, 4) is 0 Å². The highest BCUT2D eigenvalue weighted by Gasteiger charge is 2.20. The van der Waals surface area contributed by atoms with Gasteiger partial charge >= 0.3 is 0 Å². The molecule has 2 heterocycles. The summed E-state index contributed by atoms with van der Waals surface area (Å²) in [6, 6.07) is 1.71. The molecule has 0 spiro atoms. The molecule has 6 nitrogen and oxygen atoms in total. The predicted octanol–water partition coefficient (Wildman–Crippen LogP) is 0.299. The van der Waals surface area contributed by atoms with Crippen LogP contribution < -0.4 is 5.32 Å². The zero-order valence-corrected chi connectivity index (χ0v) is 10.1. The maximum Gasteiger partial charge on any atom is 0.272 e. The number of hydrogen-bond acceptors (Lipinski definition) is 5. The molecule has 1 aliphatic heterocycles. The number of nitrogens with one attached hydrogen (secondary N) is 1. The van der Waals surface area contributed by atoms with Crippen molar-refractivity contribution in [1.82, 2.24) is 14.9 Å². The van der Waals surface area contributed by atoms with Crippen LogP contribution in [0, 0.1) is 6.92 Å². The van der Waals surface area contributed by atoms with Crippen LogP contribution in [-0.2, 0) is 4.74 Å². The van der Waals surface area contributed by atoms with Gasteiger partial charge in [0.15, 0.2) is 0 Å². The van der Waals surface area contributed by atoms with Crippen molar-refractivity contribution in [2.24, 2.45) is 0 Å². The quantitative estimate of drug-likeness (QED) is 0.800. The van der Waals surface area contributed by atoms with Gasteiger partial charge < -0.3 is 15.0 Å². The fourth-order valence-electron chi connectivity index (χ4n) is 1.72. The van der Waals surface area contributed by atoms with Crippen molar-refractivity contribution in [2.75, 3.05) is 38.7 Å². The van der Waals surface area contributed by atoms with Gasteiger partial charge in [0.2, 0.25) is 5.95 Å². The maximum absolute atomic E-state index is 12.2. The number of carbonyl (C=O) groups is 1. The summed E-state index contributed by atoms with van der Waals surface area (Å²) in [6.07, 6.45) is 0. The topological polar surface area (TPSA) is 67.4 Å². The number of aromatic nitrogens is 2. The molecule has 0 unspecified atom stereocenters. The van der Waals surface area contributed by atoms with Gasteiger partial charge in [-0.3, -0.25) is 4.79 Å². The average Bonchev–Trinajstić information content (AvgIpc) is 2.38. The van der Waals surface area contributed by atoms with Crippen LogP contribution in [0.1, 0.15) is 16.2 Å². The van der Waals surface area contributed by atoms with E-state index in [1.165, 1.54) is 0 Å². The summed E-state index contributed by atoms with van der Waals surface area (Å²) >= 11 is 0. The van der Waals surface area contributed by atoms with Crippen molar-refractivity contribution < 1.29 is 9.53 Å². The zero-order chi connectivity index (χ0) is 12.3. The lowest BCUT2D eigenvalue weighted by Crippen LogP contribution is -2.41. The molecule has 1 aromatic heterocycles. The monoisotopic (exact) mass is 236 g/mol. The van der Waals surface area contributed by atoms with Gasteiger partial charge in [-0.1, -0.05) is 0 Å². The number of ether oxygens (including phenoxy) is 1. The highest BCUT2D eigenvalue weighted by atomic mass is 16.5. The summed E-state index contributed by atoms with van der Waals surface area (Å²) in [5, 5.41) is 2.85. The maximum atomic E-state index is 12.2. The molecule has 2 rings (SSSR count). The third kappa shape index (κ3) is 2.71. The Bertz CT molecular complexity index is 416. The van der Waals surface area contributed by atoms with Gasteiger partial charge in [-0.15, -0.1) is 0 Å². The Morgan fingerprint density at radius 3 is 2.76 bits per heavy atom. The van der Waals surface area contributed by atoms with Gasteiger partial charge in [0.05, 0.1) is 13.2 Å². The van der Waals surface area contributed by atoms with E-state index in [0.29, 0.717) is 37.9 Å². The van der Waals surface area contributed by atoms with E-state index in [4.69, 9.17) is 4.74 Å². The van der Waals surface area contributed by atoms with E-state index < -0.39 is 0 Å². The molecule has 0 aliphatic carbocycles. The number of anilines is 1. The molecule has 0 bridgehead atoms. The average molecular weight is 236 g/mol. The second kappa shape index (κ2) is 5.09. The van der Waals surface area contributed by atoms with Gasteiger partial charge in [-0.05, 0) is 13.0 Å². The Labute approximate surface area is 100 Å². The molecule has 1 amide bonds. The molecule has 0 atom stereocenters. The number of amides is 1. The number of rotatable bonds is 2. The molecule has 92 valence electrons. The third-order valence-corrected chi connectivity index (χ3v) is 2.60. The van der Waals surface area contributed by atoms with Crippen LogP contribution in [0.25, 0.3) is 0 Å². The number of hydrogen-bond donors (Lipinski definition) is 1. The molecule has 1 aliphatic rings. The summed E-state index contributed by atoms with van der Waals surface area (Å²) in [5.74, 6) is 0.414. The van der Waals surface area contributed by atoms with E-state index in [2.05, 4.69) is 15.3 Å². The van der Waals surface area contributed by atoms with Gasteiger partial charge in [0.1, 0.15) is 5.69 Å². The number of carbonyl (C=O) groups excluding carboxylic acids is 1. The summed E-state index contributed by atoms with van der Waals surface area (Å²) < 4.78 is 5.22. The number of morpholine rings is 1. The Kier molecular flexibility index (Phi) is 3.53. The SMILES string of the molecule is CNc1nc(C)cc(C(=O)N2CCOCC2)n1. The van der Waals surface area contributed by atoms with Crippen LogP contribution in [-0.4, -0.2) is 54.1 Å². The van der Waals surface area contributed by atoms with Crippen LogP contribution in [0.4, 0.5) is 5.95 Å². The molecule has 1 N–H and O–H groups in total. The van der Waals surface area contributed by atoms with Crippen LogP contribution in [0.3, 0.4) is 0 Å². The normalized spacial score (nSPS) is 15.8. The molecule has 0 saturated carbocycles. The number of nitrogens with zero attached hydrogens (tertiary/aromatic N) is 3. The van der Waals surface area contributed by atoms with Crippen LogP contribution >= 0.6 is 0 Å². The standard InChI is InChI=1S/C11H16N4O2/c1-8-7-9(14-11(12-2)13-8)10(16)15-3-5-17-6-4-15/h7H,3-6H2,1-2H3,(H,12,13,14). The summed E-state index contributed by atoms with van der Waals surface area (Å²) in [5.41, 5.74) is 1.21. The molecule has 0 aromatic carbocycles. The first-order valence-electron chi connectivity index (χ1n) is 5.61. The lowest BCUT2D eigenvalue weighted by Gasteiger charge is -2.26. The highest BCUT2D eigenvalue weighted by molar-refractivity contribution is 5.92. The van der Waals surface area contributed by atoms with E-state index in [1.54, 1.807) is 18.0 Å². The molecule has 1 saturated heterocycles. The van der Waals surface area contributed by atoms with E-state index in [0.717, 1.165) is 5.69 Å². The van der Waals surface area contributed by atoms with Crippen LogP contribution in [0.2, 0.25) is 0 Å². The first kappa shape index (κ1) is 11.8. The Balaban J connectivity index is 2.20. The van der Waals surface area contributed by atoms with E-state index >= 15 is 0 Å². The van der Waals surface area contributed by atoms with E-state index in [1.807, 2.05) is 6.92 Å². The fourth-order valence-corrected chi connectivity index (χ4v) is 1.72. The highest BCUT2D eigenvalue weighted by Crippen LogP contribution is 2.09. The van der Waals surface area contributed by atoms with Crippen LogP contribution in [0.5, 0.6) is 0 Å². The zero-order valence-electron chi connectivity index (χ0n) is 10.1. The Hall–Kier alpha value is -1.69. The Morgan fingerprint density at radius 1 is 1.41 bits per heavy atom. The minimum Gasteiger partial charge on any atom is -0.378 e. The fraction of sp³-hybridized carbons (Fsp3) is 0.545. The van der Waals surface area contributed by atoms with Crippen molar-refractivity contribution in [3.63, 3.8) is 0 Å². The molecule has 1 fully saturated rings. The smallest absolute Gasteiger partial charge is 0.272 e. The predicted molar refractivity (Wildman–Crippen MR) is 63.0 cm³/mol. The second-order valence-corrected chi connectivity index (χ2v) is 3.87. The van der Waals surface area contributed by atoms with Crippen LogP contribution in [0.15, 0.2) is 6.07 Å². The third-order valence-electron chi connectivity index (χ3n) is 2.60. The molecule has 17 heavy (non-hydrogen) atoms. The number of aryl methyl sites for hydroxylation is 1. The van der Waals surface area contributed by atoms with Gasteiger partial charge in [-0.2, -0.15) is 0 Å². The minimum absolute atomic E-state index is 0.0599. The van der Waals surface area contributed by atoms with Gasteiger partial charge in [-0.25, -0.2) is 9.97 Å². The van der Waals surface area contributed by atoms with Crippen molar-refractivity contribution >= 4 is 11.9 Å². The lowest BCUT2D eigenvalue weighted by atomic mass is 10.3. The summed E-state index contributed by atoms with van der Waals surface area (Å²) in [6.45, 7) is 4.27. The van der Waals surface area contributed by atoms with E-state index in [-0.39, 0.29) is 5.91 Å². The molecule has 0 radical (unpaired) electrons. The van der Waals surface area contributed by atoms with Gasteiger partial charge in [0.25, 0.3) is 5.91 Å². The van der Waals surface area contributed by atoms with E-state index in [9.17, 15) is 4.79 Å². The molecule has 6 heteroatoms. The molecular formula is C11H16N4O2.